The monoisotopic (exact) mass is 427 g/mol. The van der Waals surface area contributed by atoms with Gasteiger partial charge in [0.25, 0.3) is 0 Å². The van der Waals surface area contributed by atoms with Crippen LogP contribution < -0.4 is 5.32 Å². The minimum atomic E-state index is -1.42. The summed E-state index contributed by atoms with van der Waals surface area (Å²) in [5.41, 5.74) is 0. The molecule has 11 nitrogen and oxygen atoms in total. The van der Waals surface area contributed by atoms with Crippen LogP contribution in [0.5, 0.6) is 0 Å². The Balaban J connectivity index is 3.30. The molecule has 1 rings (SSSR count). The van der Waals surface area contributed by atoms with E-state index in [2.05, 4.69) is 11.2 Å². The van der Waals surface area contributed by atoms with Crippen LogP contribution in [0, 0.1) is 12.3 Å². The first-order valence-corrected chi connectivity index (χ1v) is 9.08. The minimum Gasteiger partial charge on any atom is -0.463 e. The Morgan fingerprint density at radius 1 is 0.900 bits per heavy atom. The van der Waals surface area contributed by atoms with Gasteiger partial charge in [0.05, 0.1) is 0 Å². The molecule has 0 aromatic rings. The van der Waals surface area contributed by atoms with E-state index in [0.717, 1.165) is 27.7 Å². The van der Waals surface area contributed by atoms with Crippen LogP contribution in [-0.4, -0.2) is 67.0 Å². The fraction of sp³-hybridized carbons (Fsp3) is 0.632. The van der Waals surface area contributed by atoms with Gasteiger partial charge in [-0.2, -0.15) is 0 Å². The van der Waals surface area contributed by atoms with Crippen LogP contribution in [0.3, 0.4) is 0 Å². The second-order valence-corrected chi connectivity index (χ2v) is 6.40. The van der Waals surface area contributed by atoms with Gasteiger partial charge in [0.2, 0.25) is 12.2 Å². The molecule has 11 heteroatoms. The lowest BCUT2D eigenvalue weighted by Crippen LogP contribution is -2.67. The van der Waals surface area contributed by atoms with E-state index >= 15 is 0 Å². The van der Waals surface area contributed by atoms with Crippen molar-refractivity contribution in [2.75, 3.05) is 6.61 Å². The fourth-order valence-corrected chi connectivity index (χ4v) is 2.76. The van der Waals surface area contributed by atoms with E-state index in [1.54, 1.807) is 0 Å². The number of hydrogen-bond donors (Lipinski definition) is 1. The van der Waals surface area contributed by atoms with Crippen molar-refractivity contribution >= 4 is 29.8 Å². The summed E-state index contributed by atoms with van der Waals surface area (Å²) >= 11 is 0. The summed E-state index contributed by atoms with van der Waals surface area (Å²) in [7, 11) is 0. The number of carbonyl (C=O) groups excluding carboxylic acids is 5. The SMILES string of the molecule is C#CCCC(=O)N[C@@H]1C(OC(C)=O)OC(COC(C)=O)[C@@H](OC(C)=O)C1OC(C)=O. The molecule has 1 aliphatic heterocycles. The fourth-order valence-electron chi connectivity index (χ4n) is 2.76. The number of rotatable bonds is 8. The Kier molecular flexibility index (Phi) is 9.77. The van der Waals surface area contributed by atoms with Crippen LogP contribution in [-0.2, 0) is 47.7 Å². The van der Waals surface area contributed by atoms with Crippen molar-refractivity contribution in [1.29, 1.82) is 0 Å². The summed E-state index contributed by atoms with van der Waals surface area (Å²) in [5.74, 6) is -1.10. The number of esters is 4. The number of terminal acetylenes is 1. The largest absolute Gasteiger partial charge is 0.463 e. The average molecular weight is 427 g/mol. The molecule has 0 saturated carbocycles. The van der Waals surface area contributed by atoms with E-state index in [1.165, 1.54) is 0 Å². The van der Waals surface area contributed by atoms with Gasteiger partial charge >= 0.3 is 23.9 Å². The molecule has 0 aromatic heterocycles. The maximum Gasteiger partial charge on any atom is 0.305 e. The Bertz CT molecular complexity index is 713. The second kappa shape index (κ2) is 11.8. The van der Waals surface area contributed by atoms with Crippen molar-refractivity contribution in [2.45, 2.75) is 71.2 Å². The minimum absolute atomic E-state index is 0.0539. The van der Waals surface area contributed by atoms with E-state index in [-0.39, 0.29) is 19.4 Å². The van der Waals surface area contributed by atoms with Gasteiger partial charge < -0.3 is 29.0 Å². The number of ether oxygens (including phenoxy) is 5. The first-order chi connectivity index (χ1) is 14.0. The third-order valence-corrected chi connectivity index (χ3v) is 3.81. The molecule has 0 radical (unpaired) electrons. The first kappa shape index (κ1) is 24.9. The molecule has 1 fully saturated rings. The average Bonchev–Trinajstić information content (AvgIpc) is 2.62. The lowest BCUT2D eigenvalue weighted by Gasteiger charge is -2.44. The van der Waals surface area contributed by atoms with Crippen molar-refractivity contribution in [2.24, 2.45) is 0 Å². The standard InChI is InChI=1S/C19H25NO10/c1-6-7-8-15(25)20-16-18(28-12(4)23)17(27-11(3)22)14(9-26-10(2)21)30-19(16)29-13(5)24/h1,14,16-19H,7-9H2,2-5H3,(H,20,25)/t14?,16-,17+,18?,19?/m0/s1. The number of hydrogen-bond acceptors (Lipinski definition) is 10. The quantitative estimate of drug-likeness (QED) is 0.309. The number of amides is 1. The van der Waals surface area contributed by atoms with Crippen molar-refractivity contribution in [3.05, 3.63) is 0 Å². The van der Waals surface area contributed by atoms with Gasteiger partial charge in [0, 0.05) is 40.5 Å². The van der Waals surface area contributed by atoms with Crippen LogP contribution in [0.25, 0.3) is 0 Å². The predicted molar refractivity (Wildman–Crippen MR) is 98.2 cm³/mol. The molecule has 1 N–H and O–H groups in total. The third-order valence-electron chi connectivity index (χ3n) is 3.81. The molecular weight excluding hydrogens is 402 g/mol. The topological polar surface area (TPSA) is 144 Å². The Morgan fingerprint density at radius 3 is 1.97 bits per heavy atom. The maximum absolute atomic E-state index is 12.2. The van der Waals surface area contributed by atoms with E-state index in [4.69, 9.17) is 30.1 Å². The summed E-state index contributed by atoms with van der Waals surface area (Å²) in [6, 6.07) is -1.22. The zero-order valence-electron chi connectivity index (χ0n) is 17.2. The van der Waals surface area contributed by atoms with E-state index in [1.807, 2.05) is 0 Å². The molecule has 0 bridgehead atoms. The zero-order valence-corrected chi connectivity index (χ0v) is 17.2. The Labute approximate surface area is 173 Å². The summed E-state index contributed by atoms with van der Waals surface area (Å²) in [4.78, 5) is 58.4. The highest BCUT2D eigenvalue weighted by Crippen LogP contribution is 2.28. The van der Waals surface area contributed by atoms with E-state index in [0.29, 0.717) is 0 Å². The van der Waals surface area contributed by atoms with Gasteiger partial charge in [-0.25, -0.2) is 0 Å². The molecule has 5 atom stereocenters. The molecular formula is C19H25NO10. The van der Waals surface area contributed by atoms with Gasteiger partial charge in [0.15, 0.2) is 12.2 Å². The highest BCUT2D eigenvalue weighted by molar-refractivity contribution is 5.77. The lowest BCUT2D eigenvalue weighted by atomic mass is 9.96. The summed E-state index contributed by atoms with van der Waals surface area (Å²) in [6.45, 7) is 4.11. The van der Waals surface area contributed by atoms with Gasteiger partial charge in [-0.15, -0.1) is 12.3 Å². The van der Waals surface area contributed by atoms with E-state index in [9.17, 15) is 24.0 Å². The Hall–Kier alpha value is -3.13. The molecule has 0 spiro atoms. The van der Waals surface area contributed by atoms with Crippen LogP contribution in [0.4, 0.5) is 0 Å². The highest BCUT2D eigenvalue weighted by Gasteiger charge is 2.52. The highest BCUT2D eigenvalue weighted by atomic mass is 16.7. The van der Waals surface area contributed by atoms with Crippen LogP contribution in [0.15, 0.2) is 0 Å². The van der Waals surface area contributed by atoms with Gasteiger partial charge in [-0.3, -0.25) is 24.0 Å². The van der Waals surface area contributed by atoms with Gasteiger partial charge in [-0.05, 0) is 0 Å². The maximum atomic E-state index is 12.2. The second-order valence-electron chi connectivity index (χ2n) is 6.40. The molecule has 1 aliphatic rings. The van der Waals surface area contributed by atoms with Crippen molar-refractivity contribution in [3.8, 4) is 12.3 Å². The van der Waals surface area contributed by atoms with E-state index < -0.39 is 60.4 Å². The predicted octanol–water partition coefficient (Wildman–Crippen LogP) is -0.401. The van der Waals surface area contributed by atoms with Crippen LogP contribution >= 0.6 is 0 Å². The van der Waals surface area contributed by atoms with Crippen molar-refractivity contribution in [3.63, 3.8) is 0 Å². The Morgan fingerprint density at radius 2 is 1.47 bits per heavy atom. The molecule has 166 valence electrons. The zero-order chi connectivity index (χ0) is 22.8. The summed E-state index contributed by atoms with van der Waals surface area (Å²) < 4.78 is 26.2. The molecule has 0 aliphatic carbocycles. The number of nitrogens with one attached hydrogen (secondary N) is 1. The molecule has 1 amide bonds. The van der Waals surface area contributed by atoms with Crippen molar-refractivity contribution in [1.82, 2.24) is 5.32 Å². The smallest absolute Gasteiger partial charge is 0.305 e. The van der Waals surface area contributed by atoms with Crippen molar-refractivity contribution < 1.29 is 47.7 Å². The van der Waals surface area contributed by atoms with Crippen LogP contribution in [0.1, 0.15) is 40.5 Å². The molecule has 1 saturated heterocycles. The molecule has 1 heterocycles. The summed E-state index contributed by atoms with van der Waals surface area (Å²) in [6.07, 6.45) is 0.0964. The normalized spacial score (nSPS) is 25.2. The van der Waals surface area contributed by atoms with Crippen LogP contribution in [0.2, 0.25) is 0 Å². The lowest BCUT2D eigenvalue weighted by molar-refractivity contribution is -0.271. The molecule has 3 unspecified atom stereocenters. The first-order valence-electron chi connectivity index (χ1n) is 9.08. The molecule has 30 heavy (non-hydrogen) atoms. The molecule has 0 aromatic carbocycles. The van der Waals surface area contributed by atoms with Gasteiger partial charge in [-0.1, -0.05) is 0 Å². The third kappa shape index (κ3) is 8.08. The van der Waals surface area contributed by atoms with Gasteiger partial charge in [0.1, 0.15) is 18.8 Å². The number of carbonyl (C=O) groups is 5. The summed E-state index contributed by atoms with van der Waals surface area (Å²) in [5, 5.41) is 2.54.